The van der Waals surface area contributed by atoms with Crippen LogP contribution in [0, 0.1) is 0 Å². The monoisotopic (exact) mass is 251 g/mol. The minimum Gasteiger partial charge on any atom is -0.493 e. The molecule has 0 radical (unpaired) electrons. The Morgan fingerprint density at radius 2 is 1.89 bits per heavy atom. The van der Waals surface area contributed by atoms with Gasteiger partial charge in [0.25, 0.3) is 0 Å². The Kier molecular flexibility index (Phi) is 4.44. The summed E-state index contributed by atoms with van der Waals surface area (Å²) in [5, 5.41) is 12.2. The highest BCUT2D eigenvalue weighted by molar-refractivity contribution is 5.48. The van der Waals surface area contributed by atoms with Crippen LogP contribution in [0.3, 0.4) is 0 Å². The first kappa shape index (κ1) is 13.2. The number of aliphatic hydroxyl groups is 1. The second kappa shape index (κ2) is 6.07. The molecule has 18 heavy (non-hydrogen) atoms. The highest BCUT2D eigenvalue weighted by Crippen LogP contribution is 2.34. The number of hydrogen-bond acceptors (Lipinski definition) is 4. The summed E-state index contributed by atoms with van der Waals surface area (Å²) < 4.78 is 10.7. The Bertz CT molecular complexity index is 406. The molecule has 0 bridgehead atoms. The lowest BCUT2D eigenvalue weighted by molar-refractivity contribution is 0.280. The molecule has 1 aromatic carbocycles. The molecule has 4 heteroatoms. The van der Waals surface area contributed by atoms with Crippen LogP contribution < -0.4 is 14.8 Å². The average molecular weight is 251 g/mol. The summed E-state index contributed by atoms with van der Waals surface area (Å²) in [6.45, 7) is 0.850. The van der Waals surface area contributed by atoms with E-state index in [0.29, 0.717) is 12.6 Å². The number of methoxy groups -OCH3 is 2. The minimum absolute atomic E-state index is 0.190. The van der Waals surface area contributed by atoms with Crippen LogP contribution in [0.1, 0.15) is 17.5 Å². The van der Waals surface area contributed by atoms with Gasteiger partial charge in [-0.15, -0.1) is 0 Å². The summed E-state index contributed by atoms with van der Waals surface area (Å²) in [5.74, 6) is 1.59. The predicted octanol–water partition coefficient (Wildman–Crippen LogP) is 1.14. The van der Waals surface area contributed by atoms with Gasteiger partial charge in [-0.3, -0.25) is 0 Å². The molecule has 1 aromatic rings. The van der Waals surface area contributed by atoms with Gasteiger partial charge >= 0.3 is 0 Å². The fourth-order valence-corrected chi connectivity index (χ4v) is 2.53. The molecule has 4 nitrogen and oxygen atoms in total. The second-order valence-electron chi connectivity index (χ2n) is 4.59. The molecule has 0 aliphatic heterocycles. The van der Waals surface area contributed by atoms with Crippen LogP contribution in [-0.2, 0) is 12.8 Å². The van der Waals surface area contributed by atoms with Crippen molar-refractivity contribution in [3.8, 4) is 11.5 Å². The van der Waals surface area contributed by atoms with E-state index in [0.717, 1.165) is 30.8 Å². The first-order chi connectivity index (χ1) is 8.78. The third-order valence-corrected chi connectivity index (χ3v) is 3.48. The van der Waals surface area contributed by atoms with Crippen molar-refractivity contribution in [2.75, 3.05) is 27.4 Å². The maximum absolute atomic E-state index is 8.84. The Morgan fingerprint density at radius 3 is 2.50 bits per heavy atom. The van der Waals surface area contributed by atoms with E-state index in [-0.39, 0.29) is 6.61 Å². The van der Waals surface area contributed by atoms with Crippen LogP contribution in [0.2, 0.25) is 0 Å². The number of benzene rings is 1. The quantitative estimate of drug-likeness (QED) is 0.824. The van der Waals surface area contributed by atoms with Gasteiger partial charge in [-0.05, 0) is 42.5 Å². The lowest BCUT2D eigenvalue weighted by atomic mass is 9.88. The highest BCUT2D eigenvalue weighted by atomic mass is 16.5. The number of aryl methyl sites for hydroxylation is 1. The van der Waals surface area contributed by atoms with Gasteiger partial charge in [0.15, 0.2) is 11.5 Å². The molecule has 2 N–H and O–H groups in total. The van der Waals surface area contributed by atoms with Crippen molar-refractivity contribution in [1.29, 1.82) is 0 Å². The lowest BCUT2D eigenvalue weighted by Gasteiger charge is -2.26. The molecule has 1 aliphatic carbocycles. The van der Waals surface area contributed by atoms with Crippen LogP contribution in [0.15, 0.2) is 12.1 Å². The zero-order chi connectivity index (χ0) is 13.0. The Hall–Kier alpha value is -1.26. The molecule has 0 amide bonds. The maximum Gasteiger partial charge on any atom is 0.161 e. The van der Waals surface area contributed by atoms with Crippen molar-refractivity contribution >= 4 is 0 Å². The third-order valence-electron chi connectivity index (χ3n) is 3.48. The van der Waals surface area contributed by atoms with Gasteiger partial charge in [-0.2, -0.15) is 0 Å². The number of ether oxygens (including phenoxy) is 2. The van der Waals surface area contributed by atoms with E-state index >= 15 is 0 Å². The molecule has 2 rings (SSSR count). The smallest absolute Gasteiger partial charge is 0.161 e. The van der Waals surface area contributed by atoms with Crippen molar-refractivity contribution in [3.05, 3.63) is 23.3 Å². The number of nitrogens with one attached hydrogen (secondary N) is 1. The van der Waals surface area contributed by atoms with Crippen molar-refractivity contribution in [2.45, 2.75) is 25.3 Å². The Labute approximate surface area is 108 Å². The van der Waals surface area contributed by atoms with E-state index in [1.165, 1.54) is 11.1 Å². The molecule has 0 fully saturated rings. The molecule has 0 unspecified atom stereocenters. The average Bonchev–Trinajstić information content (AvgIpc) is 2.43. The Morgan fingerprint density at radius 1 is 1.22 bits per heavy atom. The molecule has 0 saturated heterocycles. The molecule has 1 aliphatic rings. The van der Waals surface area contributed by atoms with Gasteiger partial charge in [-0.25, -0.2) is 0 Å². The molecule has 0 heterocycles. The summed E-state index contributed by atoms with van der Waals surface area (Å²) >= 11 is 0. The largest absolute Gasteiger partial charge is 0.493 e. The van der Waals surface area contributed by atoms with Gasteiger partial charge in [0.2, 0.25) is 0 Å². The van der Waals surface area contributed by atoms with Crippen molar-refractivity contribution < 1.29 is 14.6 Å². The van der Waals surface area contributed by atoms with E-state index in [2.05, 4.69) is 17.4 Å². The summed E-state index contributed by atoms with van der Waals surface area (Å²) in [5.41, 5.74) is 2.66. The van der Waals surface area contributed by atoms with Gasteiger partial charge in [0.1, 0.15) is 0 Å². The lowest BCUT2D eigenvalue weighted by Crippen LogP contribution is -2.36. The Balaban J connectivity index is 2.16. The molecule has 0 saturated carbocycles. The molecule has 100 valence electrons. The van der Waals surface area contributed by atoms with Gasteiger partial charge in [0.05, 0.1) is 20.8 Å². The van der Waals surface area contributed by atoms with Gasteiger partial charge < -0.3 is 19.9 Å². The first-order valence-electron chi connectivity index (χ1n) is 6.36. The van der Waals surface area contributed by atoms with E-state index in [1.54, 1.807) is 14.2 Å². The summed E-state index contributed by atoms with van der Waals surface area (Å²) in [4.78, 5) is 0. The van der Waals surface area contributed by atoms with Crippen LogP contribution in [0.5, 0.6) is 11.5 Å². The van der Waals surface area contributed by atoms with Crippen molar-refractivity contribution in [2.24, 2.45) is 0 Å². The van der Waals surface area contributed by atoms with Crippen molar-refractivity contribution in [1.82, 2.24) is 5.32 Å². The molecule has 0 aromatic heterocycles. The first-order valence-corrected chi connectivity index (χ1v) is 6.36. The van der Waals surface area contributed by atoms with Crippen molar-refractivity contribution in [3.63, 3.8) is 0 Å². The summed E-state index contributed by atoms with van der Waals surface area (Å²) in [7, 11) is 3.33. The van der Waals surface area contributed by atoms with Gasteiger partial charge in [0, 0.05) is 12.6 Å². The van der Waals surface area contributed by atoms with E-state index in [1.807, 2.05) is 0 Å². The van der Waals surface area contributed by atoms with Crippen LogP contribution in [-0.4, -0.2) is 38.5 Å². The zero-order valence-corrected chi connectivity index (χ0v) is 11.0. The number of hydrogen-bond donors (Lipinski definition) is 2. The normalized spacial score (nSPS) is 18.3. The fraction of sp³-hybridized carbons (Fsp3) is 0.571. The van der Waals surface area contributed by atoms with Crippen LogP contribution >= 0.6 is 0 Å². The minimum atomic E-state index is 0.190. The predicted molar refractivity (Wildman–Crippen MR) is 70.4 cm³/mol. The second-order valence-corrected chi connectivity index (χ2v) is 4.59. The molecular formula is C14H21NO3. The zero-order valence-electron chi connectivity index (χ0n) is 11.0. The van der Waals surface area contributed by atoms with E-state index < -0.39 is 0 Å². The summed E-state index contributed by atoms with van der Waals surface area (Å²) in [6.07, 6.45) is 3.12. The van der Waals surface area contributed by atoms with E-state index in [4.69, 9.17) is 14.6 Å². The molecule has 0 spiro atoms. The topological polar surface area (TPSA) is 50.7 Å². The standard InChI is InChI=1S/C14H21NO3/c1-17-13-8-10-3-4-12(15-5-6-16)7-11(10)9-14(13)18-2/h8-9,12,15-16H,3-7H2,1-2H3/t12-/m0/s1. The van der Waals surface area contributed by atoms with Gasteiger partial charge in [-0.1, -0.05) is 0 Å². The number of aliphatic hydroxyl groups excluding tert-OH is 1. The van der Waals surface area contributed by atoms with E-state index in [9.17, 15) is 0 Å². The molecular weight excluding hydrogens is 230 g/mol. The number of rotatable bonds is 5. The van der Waals surface area contributed by atoms with Crippen LogP contribution in [0.25, 0.3) is 0 Å². The number of fused-ring (bicyclic) bond motifs is 1. The third kappa shape index (κ3) is 2.76. The maximum atomic E-state index is 8.84. The summed E-state index contributed by atoms with van der Waals surface area (Å²) in [6, 6.07) is 4.60. The van der Waals surface area contributed by atoms with Crippen LogP contribution in [0.4, 0.5) is 0 Å². The molecule has 1 atom stereocenters. The SMILES string of the molecule is COc1cc2c(cc1OC)C[C@@H](NCCO)CC2. The fourth-order valence-electron chi connectivity index (χ4n) is 2.53. The highest BCUT2D eigenvalue weighted by Gasteiger charge is 2.20.